The molecule has 0 bridgehead atoms. The van der Waals surface area contributed by atoms with Gasteiger partial charge in [-0.05, 0) is 49.2 Å². The van der Waals surface area contributed by atoms with Crippen LogP contribution in [0.1, 0.15) is 38.5 Å². The van der Waals surface area contributed by atoms with Gasteiger partial charge in [-0.1, -0.05) is 44.7 Å². The summed E-state index contributed by atoms with van der Waals surface area (Å²) in [4.78, 5) is 24.4. The van der Waals surface area contributed by atoms with Crippen LogP contribution in [0.5, 0.6) is 11.8 Å². The summed E-state index contributed by atoms with van der Waals surface area (Å²) in [5, 5.41) is 37.6. The molecule has 2 amide bonds. The Morgan fingerprint density at radius 1 is 0.711 bits per heavy atom. The molecule has 10 nitrogen and oxygen atoms in total. The number of nitrogens with zero attached hydrogens (tertiary/aromatic N) is 6. The molecular formula is C26H26Br2N6O4. The van der Waals surface area contributed by atoms with Crippen molar-refractivity contribution < 1.29 is 19.8 Å². The molecule has 38 heavy (non-hydrogen) atoms. The van der Waals surface area contributed by atoms with Crippen LogP contribution < -0.4 is 0 Å². The first-order valence-corrected chi connectivity index (χ1v) is 13.6. The molecule has 0 aliphatic heterocycles. The van der Waals surface area contributed by atoms with E-state index in [4.69, 9.17) is 0 Å². The molecule has 0 radical (unpaired) electrons. The van der Waals surface area contributed by atoms with E-state index in [1.807, 2.05) is 36.4 Å². The fourth-order valence-corrected chi connectivity index (χ4v) is 4.90. The van der Waals surface area contributed by atoms with Crippen molar-refractivity contribution in [3.8, 4) is 11.8 Å². The smallest absolute Gasteiger partial charge is 0.264 e. The minimum Gasteiger partial charge on any atom is -0.493 e. The summed E-state index contributed by atoms with van der Waals surface area (Å²) in [6.45, 7) is 0. The van der Waals surface area contributed by atoms with Gasteiger partial charge in [-0.15, -0.1) is 20.5 Å². The number of benzene rings is 2. The summed E-state index contributed by atoms with van der Waals surface area (Å²) in [7, 11) is 3.43. The van der Waals surface area contributed by atoms with E-state index in [-0.39, 0.29) is 47.8 Å². The average Bonchev–Trinajstić information content (AvgIpc) is 3.26. The van der Waals surface area contributed by atoms with Crippen molar-refractivity contribution in [2.45, 2.75) is 38.5 Å². The Labute approximate surface area is 235 Å². The lowest BCUT2D eigenvalue weighted by molar-refractivity contribution is -0.119. The van der Waals surface area contributed by atoms with Crippen molar-refractivity contribution >= 4 is 76.9 Å². The van der Waals surface area contributed by atoms with Gasteiger partial charge in [0.2, 0.25) is 11.8 Å². The third-order valence-corrected chi connectivity index (χ3v) is 7.25. The number of carbonyl (C=O) groups excluding carboxylic acids is 2. The second-order valence-corrected chi connectivity index (χ2v) is 10.7. The molecule has 0 spiro atoms. The third kappa shape index (κ3) is 6.02. The Morgan fingerprint density at radius 2 is 1.11 bits per heavy atom. The zero-order chi connectivity index (χ0) is 27.4. The van der Waals surface area contributed by atoms with Crippen molar-refractivity contribution in [2.75, 3.05) is 0 Å². The highest BCUT2D eigenvalue weighted by Crippen LogP contribution is 2.40. The summed E-state index contributed by atoms with van der Waals surface area (Å²) in [5.41, 5.74) is 2.08. The highest BCUT2D eigenvalue weighted by atomic mass is 79.9. The summed E-state index contributed by atoms with van der Waals surface area (Å²) in [6, 6.07) is 11.0. The van der Waals surface area contributed by atoms with Gasteiger partial charge in [-0.3, -0.25) is 9.59 Å². The number of hydrogen-bond acceptors (Lipinski definition) is 6. The number of rotatable bonds is 9. The Bertz CT molecular complexity index is 1470. The van der Waals surface area contributed by atoms with E-state index in [0.29, 0.717) is 23.6 Å². The first kappa shape index (κ1) is 27.6. The zero-order valence-electron chi connectivity index (χ0n) is 20.9. The molecule has 2 N–H and O–H groups in total. The fraction of sp³-hybridized carbons (Fsp3) is 0.308. The van der Waals surface area contributed by atoms with E-state index in [2.05, 4.69) is 52.3 Å². The van der Waals surface area contributed by atoms with Gasteiger partial charge in [0.25, 0.3) is 11.8 Å². The van der Waals surface area contributed by atoms with Crippen LogP contribution in [-0.4, -0.2) is 31.2 Å². The Balaban J connectivity index is 1.22. The second kappa shape index (κ2) is 12.0. The number of hydrogen-bond donors (Lipinski definition) is 2. The van der Waals surface area contributed by atoms with Crippen LogP contribution in [0.4, 0.5) is 11.4 Å². The fourth-order valence-electron chi connectivity index (χ4n) is 4.18. The van der Waals surface area contributed by atoms with Crippen LogP contribution in [0.3, 0.4) is 0 Å². The van der Waals surface area contributed by atoms with Crippen LogP contribution >= 0.6 is 31.9 Å². The highest BCUT2D eigenvalue weighted by Gasteiger charge is 2.16. The lowest BCUT2D eigenvalue weighted by Gasteiger charge is -1.98. The first-order chi connectivity index (χ1) is 18.2. The Kier molecular flexibility index (Phi) is 8.72. The summed E-state index contributed by atoms with van der Waals surface area (Å²) in [5.74, 6) is -0.856. The number of amides is 2. The SMILES string of the molecule is Cn1c(O)c(N=NC(=O)CCCCCCC(=O)N=Nc2c(O)n(C)c3ccc(Br)cc23)c2cc(Br)ccc21. The van der Waals surface area contributed by atoms with E-state index in [9.17, 15) is 19.8 Å². The topological polar surface area (TPSA) is 134 Å². The Hall–Kier alpha value is -3.38. The molecule has 12 heteroatoms. The molecule has 2 aromatic heterocycles. The van der Waals surface area contributed by atoms with E-state index >= 15 is 0 Å². The number of carbonyl (C=O) groups is 2. The van der Waals surface area contributed by atoms with Gasteiger partial charge in [0.15, 0.2) is 11.4 Å². The van der Waals surface area contributed by atoms with Gasteiger partial charge < -0.3 is 19.3 Å². The van der Waals surface area contributed by atoms with E-state index < -0.39 is 0 Å². The van der Waals surface area contributed by atoms with Gasteiger partial charge in [-0.2, -0.15) is 0 Å². The van der Waals surface area contributed by atoms with E-state index in [1.54, 1.807) is 23.2 Å². The molecule has 198 valence electrons. The van der Waals surface area contributed by atoms with Crippen LogP contribution in [0.15, 0.2) is 65.8 Å². The maximum absolute atomic E-state index is 12.2. The van der Waals surface area contributed by atoms with E-state index in [1.165, 1.54) is 0 Å². The van der Waals surface area contributed by atoms with Crippen molar-refractivity contribution in [1.82, 2.24) is 9.13 Å². The lowest BCUT2D eigenvalue weighted by atomic mass is 10.1. The quantitative estimate of drug-likeness (QED) is 0.141. The molecule has 0 aliphatic rings. The molecular weight excluding hydrogens is 620 g/mol. The van der Waals surface area contributed by atoms with Crippen molar-refractivity contribution in [3.05, 3.63) is 45.3 Å². The number of unbranched alkanes of at least 4 members (excludes halogenated alkanes) is 3. The van der Waals surface area contributed by atoms with E-state index in [0.717, 1.165) is 32.8 Å². The number of azo groups is 2. The van der Waals surface area contributed by atoms with Crippen LogP contribution in [0.2, 0.25) is 0 Å². The van der Waals surface area contributed by atoms with Gasteiger partial charge >= 0.3 is 0 Å². The van der Waals surface area contributed by atoms with Gasteiger partial charge in [0.05, 0.1) is 11.0 Å². The average molecular weight is 646 g/mol. The first-order valence-electron chi connectivity index (χ1n) is 12.0. The summed E-state index contributed by atoms with van der Waals surface area (Å²) < 4.78 is 4.84. The van der Waals surface area contributed by atoms with Crippen molar-refractivity contribution in [1.29, 1.82) is 0 Å². The van der Waals surface area contributed by atoms with Crippen molar-refractivity contribution in [2.24, 2.45) is 34.6 Å². The second-order valence-electron chi connectivity index (χ2n) is 8.89. The largest absolute Gasteiger partial charge is 0.493 e. The number of aryl methyl sites for hydroxylation is 2. The summed E-state index contributed by atoms with van der Waals surface area (Å²) >= 11 is 6.81. The number of aromatic hydroxyl groups is 2. The molecule has 4 aromatic rings. The predicted molar refractivity (Wildman–Crippen MR) is 151 cm³/mol. The molecule has 2 heterocycles. The minimum absolute atomic E-state index is 0.0556. The Morgan fingerprint density at radius 3 is 1.50 bits per heavy atom. The van der Waals surface area contributed by atoms with Gasteiger partial charge in [0, 0.05) is 46.7 Å². The molecule has 0 aliphatic carbocycles. The molecule has 0 saturated carbocycles. The molecule has 0 saturated heterocycles. The maximum atomic E-state index is 12.2. The molecule has 2 aromatic carbocycles. The predicted octanol–water partition coefficient (Wildman–Crippen LogP) is 7.87. The number of fused-ring (bicyclic) bond motifs is 2. The molecule has 0 fully saturated rings. The molecule has 4 rings (SSSR count). The third-order valence-electron chi connectivity index (χ3n) is 6.26. The van der Waals surface area contributed by atoms with Crippen LogP contribution in [0.25, 0.3) is 21.8 Å². The standard InChI is InChI=1S/C26H26Br2N6O4/c1-33-19-11-9-15(27)13-17(19)23(25(33)37)31-29-21(35)7-5-3-4-6-8-22(36)30-32-24-18-14-16(28)10-12-20(18)34(2)26(24)38/h9-14,37-38H,3-8H2,1-2H3. The van der Waals surface area contributed by atoms with Gasteiger partial charge in [-0.25, -0.2) is 0 Å². The normalized spacial score (nSPS) is 12.0. The minimum atomic E-state index is -0.372. The summed E-state index contributed by atoms with van der Waals surface area (Å²) in [6.07, 6.45) is 3.16. The molecule has 0 unspecified atom stereocenters. The van der Waals surface area contributed by atoms with Crippen LogP contribution in [-0.2, 0) is 23.7 Å². The maximum Gasteiger partial charge on any atom is 0.264 e. The lowest BCUT2D eigenvalue weighted by Crippen LogP contribution is -1.94. The molecule has 0 atom stereocenters. The zero-order valence-corrected chi connectivity index (χ0v) is 24.0. The van der Waals surface area contributed by atoms with Crippen molar-refractivity contribution in [3.63, 3.8) is 0 Å². The highest BCUT2D eigenvalue weighted by molar-refractivity contribution is 9.10. The monoisotopic (exact) mass is 644 g/mol. The number of aromatic nitrogens is 2. The van der Waals surface area contributed by atoms with Gasteiger partial charge in [0.1, 0.15) is 0 Å². The van der Waals surface area contributed by atoms with Crippen LogP contribution in [0, 0.1) is 0 Å². The number of halogens is 2.